The lowest BCUT2D eigenvalue weighted by Crippen LogP contribution is -2.20. The highest BCUT2D eigenvalue weighted by Crippen LogP contribution is 2.20. The molecule has 0 aromatic heterocycles. The molecule has 4 heteroatoms. The molecule has 2 nitrogen and oxygen atoms in total. The zero-order chi connectivity index (χ0) is 21.0. The molecule has 0 radical (unpaired) electrons. The van der Waals surface area contributed by atoms with E-state index in [1.807, 2.05) is 0 Å². The summed E-state index contributed by atoms with van der Waals surface area (Å²) in [6.07, 6.45) is 0. The third-order valence-corrected chi connectivity index (χ3v) is 2.51. The molecule has 0 saturated heterocycles. The van der Waals surface area contributed by atoms with E-state index in [-0.39, 0.29) is 28.3 Å². The van der Waals surface area contributed by atoms with Crippen molar-refractivity contribution in [3.05, 3.63) is 24.3 Å². The third kappa shape index (κ3) is 26.1. The van der Waals surface area contributed by atoms with Crippen LogP contribution in [0.15, 0.2) is 24.3 Å². The van der Waals surface area contributed by atoms with Crippen molar-refractivity contribution >= 4 is 39.7 Å². The molecule has 0 fully saturated rings. The van der Waals surface area contributed by atoms with Gasteiger partial charge in [0, 0.05) is 24.5 Å². The van der Waals surface area contributed by atoms with E-state index < -0.39 is 0 Å². The van der Waals surface area contributed by atoms with Gasteiger partial charge in [0.05, 0.1) is 0 Å². The summed E-state index contributed by atoms with van der Waals surface area (Å²) < 4.78 is 0. The molecule has 0 saturated carbocycles. The summed E-state index contributed by atoms with van der Waals surface area (Å²) in [7, 11) is 0. The van der Waals surface area contributed by atoms with Crippen LogP contribution < -0.4 is 10.6 Å². The monoisotopic (exact) mass is 392 g/mol. The molecule has 0 amide bonds. The predicted molar refractivity (Wildman–Crippen MR) is 129 cm³/mol. The Morgan fingerprint density at radius 1 is 0.654 bits per heavy atom. The van der Waals surface area contributed by atoms with Gasteiger partial charge in [0.25, 0.3) is 28.3 Å². The average Bonchev–Trinajstić information content (AvgIpc) is 2.41. The minimum absolute atomic E-state index is 0.139. The fourth-order valence-corrected chi connectivity index (χ4v) is 1.47. The van der Waals surface area contributed by atoms with Crippen molar-refractivity contribution in [2.45, 2.75) is 76.3 Å². The minimum atomic E-state index is -0.139. The van der Waals surface area contributed by atoms with Gasteiger partial charge in [0.15, 0.2) is 0 Å². The van der Waals surface area contributed by atoms with Crippen LogP contribution in [0.1, 0.15) is 41.5 Å². The Labute approximate surface area is 174 Å². The van der Waals surface area contributed by atoms with E-state index in [1.54, 1.807) is 0 Å². The predicted octanol–water partition coefficient (Wildman–Crippen LogP) is 7.34. The number of anilines is 2. The molecule has 0 aliphatic carbocycles. The van der Waals surface area contributed by atoms with Crippen molar-refractivity contribution in [1.29, 1.82) is 0 Å². The van der Waals surface area contributed by atoms with Crippen LogP contribution in [-0.2, 0) is 0 Å². The van der Waals surface area contributed by atoms with E-state index >= 15 is 0 Å². The summed E-state index contributed by atoms with van der Waals surface area (Å²) in [6.45, 7) is 15.4. The molecular formula is C22H46Al2N2. The molecule has 0 unspecified atom stereocenters. The standard InChI is InChI=1S/C16H28N2.6CH3.2Al/c1-15(2,3)11-17-13-8-7-9-14(10-13)18-12-16(4,5)6;;;;;;;;/h7-10,17-18H,11-12H2,1-6H3;6*1H3;;. The minimum Gasteiger partial charge on any atom is -0.384 e. The van der Waals surface area contributed by atoms with E-state index in [0.717, 1.165) is 13.1 Å². The zero-order valence-corrected chi connectivity index (χ0v) is 22.2. The lowest BCUT2D eigenvalue weighted by atomic mass is 9.96. The van der Waals surface area contributed by atoms with Gasteiger partial charge in [0.1, 0.15) is 0 Å². The van der Waals surface area contributed by atoms with Gasteiger partial charge in [-0.1, -0.05) is 47.6 Å². The Hall–Kier alpha value is -0.115. The Morgan fingerprint density at radius 2 is 0.923 bits per heavy atom. The highest BCUT2D eigenvalue weighted by atomic mass is 27.2. The molecular weight excluding hydrogens is 346 g/mol. The van der Waals surface area contributed by atoms with Gasteiger partial charge in [-0.25, -0.2) is 0 Å². The van der Waals surface area contributed by atoms with Crippen LogP contribution in [0.4, 0.5) is 11.4 Å². The largest absolute Gasteiger partial charge is 0.384 e. The highest BCUT2D eigenvalue weighted by Gasteiger charge is 2.11. The van der Waals surface area contributed by atoms with E-state index in [1.165, 1.54) is 11.4 Å². The van der Waals surface area contributed by atoms with Gasteiger partial charge in [-0.05, 0) is 29.0 Å². The van der Waals surface area contributed by atoms with Gasteiger partial charge in [-0.3, -0.25) is 0 Å². The number of hydrogen-bond acceptors (Lipinski definition) is 2. The van der Waals surface area contributed by atoms with Gasteiger partial charge in [-0.15, -0.1) is 34.7 Å². The number of hydrogen-bond donors (Lipinski definition) is 2. The molecule has 2 N–H and O–H groups in total. The van der Waals surface area contributed by atoms with Crippen molar-refractivity contribution in [2.75, 3.05) is 23.7 Å². The summed E-state index contributed by atoms with van der Waals surface area (Å²) in [4.78, 5) is 0. The molecule has 0 aliphatic heterocycles. The van der Waals surface area contributed by atoms with Crippen molar-refractivity contribution in [2.24, 2.45) is 10.8 Å². The zero-order valence-electron chi connectivity index (χ0n) is 19.9. The van der Waals surface area contributed by atoms with Crippen LogP contribution in [0, 0.1) is 10.8 Å². The van der Waals surface area contributed by atoms with Crippen molar-refractivity contribution in [1.82, 2.24) is 0 Å². The molecule has 0 bridgehead atoms. The van der Waals surface area contributed by atoms with Crippen LogP contribution in [0.2, 0.25) is 34.7 Å². The van der Waals surface area contributed by atoms with Crippen molar-refractivity contribution in [3.8, 4) is 0 Å². The van der Waals surface area contributed by atoms with E-state index in [0.29, 0.717) is 10.8 Å². The number of rotatable bonds is 4. The number of benzene rings is 1. The van der Waals surface area contributed by atoms with Gasteiger partial charge >= 0.3 is 0 Å². The first kappa shape index (κ1) is 28.1. The van der Waals surface area contributed by atoms with Gasteiger partial charge in [0.2, 0.25) is 0 Å². The second-order valence-corrected chi connectivity index (χ2v) is 17.8. The first-order valence-corrected chi connectivity index (χ1v) is 17.1. The Balaban J connectivity index is 0. The summed E-state index contributed by atoms with van der Waals surface area (Å²) in [5.74, 6) is 13.8. The Morgan fingerprint density at radius 3 is 1.15 bits per heavy atom. The van der Waals surface area contributed by atoms with Crippen molar-refractivity contribution < 1.29 is 0 Å². The van der Waals surface area contributed by atoms with Crippen LogP contribution in [0.25, 0.3) is 0 Å². The molecule has 1 aromatic carbocycles. The maximum atomic E-state index is 3.48. The maximum absolute atomic E-state index is 3.48. The molecule has 150 valence electrons. The van der Waals surface area contributed by atoms with Gasteiger partial charge in [-0.2, -0.15) is 0 Å². The average molecular weight is 393 g/mol. The lowest BCUT2D eigenvalue weighted by Gasteiger charge is -2.21. The Kier molecular flexibility index (Phi) is 15.1. The van der Waals surface area contributed by atoms with Gasteiger partial charge < -0.3 is 10.6 Å². The molecule has 0 spiro atoms. The smallest absolute Gasteiger partial charge is 0.251 e. The highest BCUT2D eigenvalue weighted by molar-refractivity contribution is 6.54. The molecule has 1 aromatic rings. The van der Waals surface area contributed by atoms with Crippen LogP contribution in [0.5, 0.6) is 0 Å². The molecule has 0 atom stereocenters. The van der Waals surface area contributed by atoms with Crippen LogP contribution >= 0.6 is 0 Å². The summed E-state index contributed by atoms with van der Waals surface area (Å²) in [5, 5.41) is 6.96. The van der Waals surface area contributed by atoms with Crippen LogP contribution in [-0.4, -0.2) is 41.4 Å². The number of nitrogens with one attached hydrogen (secondary N) is 2. The van der Waals surface area contributed by atoms with E-state index in [9.17, 15) is 0 Å². The fourth-order valence-electron chi connectivity index (χ4n) is 1.47. The molecule has 26 heavy (non-hydrogen) atoms. The lowest BCUT2D eigenvalue weighted by molar-refractivity contribution is 0.442. The summed E-state index contributed by atoms with van der Waals surface area (Å²) in [6, 6.07) is 8.51. The topological polar surface area (TPSA) is 24.1 Å². The third-order valence-electron chi connectivity index (χ3n) is 2.51. The summed E-state index contributed by atoms with van der Waals surface area (Å²) >= 11 is -0.278. The van der Waals surface area contributed by atoms with E-state index in [2.05, 4.69) is 111 Å². The molecule has 1 rings (SSSR count). The first-order chi connectivity index (χ1) is 11.6. The second-order valence-electron chi connectivity index (χ2n) is 10.9. The second kappa shape index (κ2) is 14.0. The Bertz CT molecular complexity index is 413. The SMILES string of the molecule is CC(C)(C)CNc1cccc(NCC(C)(C)C)c1.[CH3][Al]([CH3])[CH3].[CH3][Al]([CH3])[CH3]. The van der Waals surface area contributed by atoms with Crippen molar-refractivity contribution in [3.63, 3.8) is 0 Å². The first-order valence-electron chi connectivity index (χ1n) is 10.2. The van der Waals surface area contributed by atoms with E-state index in [4.69, 9.17) is 0 Å². The fraction of sp³-hybridized carbons (Fsp3) is 0.727. The normalized spacial score (nSPS) is 10.6. The van der Waals surface area contributed by atoms with Crippen LogP contribution in [0.3, 0.4) is 0 Å². The molecule has 0 heterocycles. The summed E-state index contributed by atoms with van der Waals surface area (Å²) in [5.41, 5.74) is 2.97. The maximum Gasteiger partial charge on any atom is 0.251 e. The molecule has 0 aliphatic rings. The quantitative estimate of drug-likeness (QED) is 0.524.